The molecule has 0 spiro atoms. The minimum absolute atomic E-state index is 1.14. The van der Waals surface area contributed by atoms with E-state index >= 15 is 0 Å². The van der Waals surface area contributed by atoms with E-state index in [9.17, 15) is 0 Å². The van der Waals surface area contributed by atoms with Gasteiger partial charge in [0.15, 0.2) is 0 Å². The van der Waals surface area contributed by atoms with Crippen molar-refractivity contribution < 1.29 is 0 Å². The van der Waals surface area contributed by atoms with Gasteiger partial charge in [0.2, 0.25) is 0 Å². The maximum absolute atomic E-state index is 2.44. The van der Waals surface area contributed by atoms with Crippen molar-refractivity contribution in [3.63, 3.8) is 0 Å². The molecule has 62 heavy (non-hydrogen) atoms. The topological polar surface area (TPSA) is 4.93 Å². The quantitative estimate of drug-likeness (QED) is 0.151. The van der Waals surface area contributed by atoms with Crippen LogP contribution in [-0.4, -0.2) is 4.57 Å². The van der Waals surface area contributed by atoms with Crippen LogP contribution >= 0.6 is 11.3 Å². The van der Waals surface area contributed by atoms with Crippen molar-refractivity contribution in [1.29, 1.82) is 0 Å². The van der Waals surface area contributed by atoms with E-state index in [-0.39, 0.29) is 0 Å². The molecule has 0 fully saturated rings. The van der Waals surface area contributed by atoms with Crippen molar-refractivity contribution in [2.24, 2.45) is 0 Å². The molecule has 0 N–H and O–H groups in total. The van der Waals surface area contributed by atoms with Gasteiger partial charge in [0.25, 0.3) is 0 Å². The zero-order chi connectivity index (χ0) is 41.0. The third-order valence-electron chi connectivity index (χ3n) is 12.4. The Morgan fingerprint density at radius 1 is 0.258 bits per heavy atom. The summed E-state index contributed by atoms with van der Waals surface area (Å²) in [7, 11) is 0. The van der Waals surface area contributed by atoms with Crippen molar-refractivity contribution >= 4 is 53.3 Å². The zero-order valence-electron chi connectivity index (χ0n) is 33.9. The van der Waals surface area contributed by atoms with Crippen LogP contribution in [0.1, 0.15) is 0 Å². The Bertz CT molecular complexity index is 3610. The molecule has 0 unspecified atom stereocenters. The molecule has 1 nitrogen and oxygen atoms in total. The average Bonchev–Trinajstić information content (AvgIpc) is 3.90. The number of nitrogens with zero attached hydrogens (tertiary/aromatic N) is 1. The second-order valence-corrected chi connectivity index (χ2v) is 17.2. The fraction of sp³-hybridized carbons (Fsp3) is 0. The Hall–Kier alpha value is -7.78. The first kappa shape index (κ1) is 36.1. The van der Waals surface area contributed by atoms with Crippen LogP contribution in [-0.2, 0) is 0 Å². The Morgan fingerprint density at radius 3 is 1.32 bits per heavy atom. The van der Waals surface area contributed by atoms with E-state index in [4.69, 9.17) is 0 Å². The SMILES string of the molecule is c1ccc(-c2cccc(-c3cc(-c4ccc5c(c4)c4cc(-c6ccccc6)ccc4n5-c4cccc(-c5ccccc5)c4)cc(-c4cccc5c4sc4ccccc45)c3)c2)cc1. The van der Waals surface area contributed by atoms with Crippen LogP contribution in [0, 0.1) is 0 Å². The van der Waals surface area contributed by atoms with E-state index in [1.54, 1.807) is 0 Å². The third kappa shape index (κ3) is 6.32. The van der Waals surface area contributed by atoms with E-state index in [0.717, 1.165) is 5.69 Å². The van der Waals surface area contributed by atoms with Gasteiger partial charge in [0, 0.05) is 36.6 Å². The zero-order valence-corrected chi connectivity index (χ0v) is 34.7. The highest BCUT2D eigenvalue weighted by molar-refractivity contribution is 7.26. The van der Waals surface area contributed by atoms with Crippen LogP contribution in [0.5, 0.6) is 0 Å². The first-order valence-electron chi connectivity index (χ1n) is 21.2. The van der Waals surface area contributed by atoms with E-state index in [1.807, 2.05) is 11.3 Å². The highest BCUT2D eigenvalue weighted by Gasteiger charge is 2.18. The van der Waals surface area contributed by atoms with Gasteiger partial charge in [-0.2, -0.15) is 0 Å². The molecular weight excluding hydrogens is 767 g/mol. The van der Waals surface area contributed by atoms with Crippen molar-refractivity contribution in [2.75, 3.05) is 0 Å². The molecule has 0 aliphatic heterocycles. The smallest absolute Gasteiger partial charge is 0.0541 e. The number of rotatable bonds is 7. The Balaban J connectivity index is 1.09. The van der Waals surface area contributed by atoms with Crippen LogP contribution in [0.3, 0.4) is 0 Å². The summed E-state index contributed by atoms with van der Waals surface area (Å²) >= 11 is 1.89. The van der Waals surface area contributed by atoms with Gasteiger partial charge < -0.3 is 4.57 Å². The largest absolute Gasteiger partial charge is 0.309 e. The van der Waals surface area contributed by atoms with Gasteiger partial charge in [-0.3, -0.25) is 0 Å². The molecule has 0 saturated heterocycles. The molecule has 12 rings (SSSR count). The van der Waals surface area contributed by atoms with Gasteiger partial charge in [-0.1, -0.05) is 170 Å². The fourth-order valence-electron chi connectivity index (χ4n) is 9.35. The molecule has 0 atom stereocenters. The van der Waals surface area contributed by atoms with Crippen LogP contribution in [0.4, 0.5) is 0 Å². The summed E-state index contributed by atoms with van der Waals surface area (Å²) in [4.78, 5) is 0. The normalized spacial score (nSPS) is 11.5. The highest BCUT2D eigenvalue weighted by atomic mass is 32.1. The van der Waals surface area contributed by atoms with Crippen molar-refractivity contribution in [3.8, 4) is 72.4 Å². The Morgan fingerprint density at radius 2 is 0.694 bits per heavy atom. The summed E-state index contributed by atoms with van der Waals surface area (Å²) in [6, 6.07) is 86.8. The number of aromatic nitrogens is 1. The number of thiophene rings is 1. The lowest BCUT2D eigenvalue weighted by atomic mass is 9.91. The van der Waals surface area contributed by atoms with Gasteiger partial charge in [-0.25, -0.2) is 0 Å². The third-order valence-corrected chi connectivity index (χ3v) is 13.6. The Labute approximate surface area is 365 Å². The predicted octanol–water partition coefficient (Wildman–Crippen LogP) is 17.2. The lowest BCUT2D eigenvalue weighted by Gasteiger charge is -2.14. The van der Waals surface area contributed by atoms with Gasteiger partial charge in [0.1, 0.15) is 0 Å². The number of fused-ring (bicyclic) bond motifs is 6. The summed E-state index contributed by atoms with van der Waals surface area (Å²) in [5.41, 5.74) is 18.0. The minimum Gasteiger partial charge on any atom is -0.309 e. The summed E-state index contributed by atoms with van der Waals surface area (Å²) in [6.45, 7) is 0. The second-order valence-electron chi connectivity index (χ2n) is 16.1. The van der Waals surface area contributed by atoms with Gasteiger partial charge >= 0.3 is 0 Å². The van der Waals surface area contributed by atoms with Crippen LogP contribution in [0.2, 0.25) is 0 Å². The molecule has 2 aromatic heterocycles. The summed E-state index contributed by atoms with van der Waals surface area (Å²) in [5.74, 6) is 0. The fourth-order valence-corrected chi connectivity index (χ4v) is 10.6. The Kier molecular flexibility index (Phi) is 8.76. The van der Waals surface area contributed by atoms with Crippen molar-refractivity contribution in [2.45, 2.75) is 0 Å². The lowest BCUT2D eigenvalue weighted by Crippen LogP contribution is -1.94. The molecule has 2 heterocycles. The maximum atomic E-state index is 2.44. The predicted molar refractivity (Wildman–Crippen MR) is 266 cm³/mol. The number of hydrogen-bond donors (Lipinski definition) is 0. The molecular formula is C60H39NS. The molecule has 12 aromatic rings. The number of hydrogen-bond acceptors (Lipinski definition) is 1. The van der Waals surface area contributed by atoms with E-state index in [0.29, 0.717) is 0 Å². The number of benzene rings is 10. The lowest BCUT2D eigenvalue weighted by molar-refractivity contribution is 1.18. The van der Waals surface area contributed by atoms with E-state index in [2.05, 4.69) is 241 Å². The van der Waals surface area contributed by atoms with Crippen molar-refractivity contribution in [3.05, 3.63) is 237 Å². The molecule has 0 radical (unpaired) electrons. The van der Waals surface area contributed by atoms with Gasteiger partial charge in [0.05, 0.1) is 11.0 Å². The molecule has 0 bridgehead atoms. The maximum Gasteiger partial charge on any atom is 0.0541 e. The molecule has 10 aromatic carbocycles. The van der Waals surface area contributed by atoms with E-state index in [1.165, 1.54) is 109 Å². The standard InChI is InChI=1S/C60H39NS/c1-4-15-40(16-5-1)43-21-12-22-44(33-43)48-34-49(36-50(35-48)52-26-14-27-54-53-25-10-11-28-59(53)62-60(52)54)47-30-32-58-56(39-47)55-38-46(42-19-8-3-9-20-42)29-31-57(55)61(58)51-24-13-23-45(37-51)41-17-6-2-7-18-41/h1-39H. The summed E-state index contributed by atoms with van der Waals surface area (Å²) < 4.78 is 5.07. The van der Waals surface area contributed by atoms with Gasteiger partial charge in [-0.15, -0.1) is 11.3 Å². The van der Waals surface area contributed by atoms with E-state index < -0.39 is 0 Å². The molecule has 0 saturated carbocycles. The van der Waals surface area contributed by atoms with Gasteiger partial charge in [-0.05, 0) is 133 Å². The first-order valence-corrected chi connectivity index (χ1v) is 22.0. The highest BCUT2D eigenvalue weighted by Crippen LogP contribution is 2.44. The molecule has 290 valence electrons. The monoisotopic (exact) mass is 805 g/mol. The summed E-state index contributed by atoms with van der Waals surface area (Å²) in [5, 5.41) is 5.08. The van der Waals surface area contributed by atoms with Crippen LogP contribution < -0.4 is 0 Å². The second kappa shape index (κ2) is 15.0. The summed E-state index contributed by atoms with van der Waals surface area (Å²) in [6.07, 6.45) is 0. The molecule has 2 heteroatoms. The van der Waals surface area contributed by atoms with Crippen LogP contribution in [0.15, 0.2) is 237 Å². The minimum atomic E-state index is 1.14. The average molecular weight is 806 g/mol. The van der Waals surface area contributed by atoms with Crippen LogP contribution in [0.25, 0.3) is 114 Å². The molecule has 0 aliphatic carbocycles. The first-order chi connectivity index (χ1) is 30.7. The van der Waals surface area contributed by atoms with Crippen molar-refractivity contribution in [1.82, 2.24) is 4.57 Å². The molecule has 0 amide bonds. The molecule has 0 aliphatic rings.